The van der Waals surface area contributed by atoms with Gasteiger partial charge in [0.1, 0.15) is 11.5 Å². The molecular weight excluding hydrogens is 376 g/mol. The van der Waals surface area contributed by atoms with Crippen LogP contribution >= 0.6 is 22.6 Å². The minimum absolute atomic E-state index is 0.0319. The second-order valence-corrected chi connectivity index (χ2v) is 6.12. The number of anilines is 1. The molecule has 1 N–H and O–H groups in total. The van der Waals surface area contributed by atoms with E-state index in [0.717, 1.165) is 32.4 Å². The van der Waals surface area contributed by atoms with E-state index in [1.54, 1.807) is 22.6 Å². The van der Waals surface area contributed by atoms with Crippen LogP contribution in [-0.4, -0.2) is 31.1 Å². The van der Waals surface area contributed by atoms with Crippen LogP contribution in [0.4, 0.5) is 15.8 Å². The topological polar surface area (TPSA) is 58.4 Å². The maximum atomic E-state index is 13.8. The Kier molecular flexibility index (Phi) is 5.14. The molecule has 1 aromatic carbocycles. The molecule has 1 aliphatic rings. The van der Waals surface area contributed by atoms with Crippen LogP contribution in [0.3, 0.4) is 0 Å². The molecule has 0 saturated carbocycles. The highest BCUT2D eigenvalue weighted by molar-refractivity contribution is 14.1. The van der Waals surface area contributed by atoms with Gasteiger partial charge in [-0.25, -0.2) is 4.39 Å². The van der Waals surface area contributed by atoms with Crippen LogP contribution in [0.1, 0.15) is 19.3 Å². The molecule has 0 aliphatic carbocycles. The zero-order valence-corrected chi connectivity index (χ0v) is 13.4. The van der Waals surface area contributed by atoms with Gasteiger partial charge in [-0.1, -0.05) is 0 Å². The van der Waals surface area contributed by atoms with Crippen molar-refractivity contribution in [2.45, 2.75) is 25.3 Å². The molecule has 1 atom stereocenters. The van der Waals surface area contributed by atoms with E-state index in [1.807, 2.05) is 11.9 Å². The SMILES string of the molecule is CN(c1cc(F)c(I)cc1[N+](=O)[O-])C1CCCNCC1. The Morgan fingerprint density at radius 1 is 1.45 bits per heavy atom. The lowest BCUT2D eigenvalue weighted by atomic mass is 10.1. The van der Waals surface area contributed by atoms with Crippen molar-refractivity contribution in [1.29, 1.82) is 0 Å². The van der Waals surface area contributed by atoms with E-state index in [2.05, 4.69) is 5.32 Å². The van der Waals surface area contributed by atoms with E-state index in [0.29, 0.717) is 5.69 Å². The summed E-state index contributed by atoms with van der Waals surface area (Å²) < 4.78 is 14.0. The van der Waals surface area contributed by atoms with E-state index >= 15 is 0 Å². The summed E-state index contributed by atoms with van der Waals surface area (Å²) in [4.78, 5) is 12.6. The summed E-state index contributed by atoms with van der Waals surface area (Å²) in [5.74, 6) is -0.412. The van der Waals surface area contributed by atoms with Crippen LogP contribution in [0.2, 0.25) is 0 Å². The Bertz CT molecular complexity index is 505. The summed E-state index contributed by atoms with van der Waals surface area (Å²) in [6, 6.07) is 2.78. The van der Waals surface area contributed by atoms with Gasteiger partial charge in [-0.3, -0.25) is 10.1 Å². The Morgan fingerprint density at radius 2 is 2.20 bits per heavy atom. The van der Waals surface area contributed by atoms with Gasteiger partial charge in [0.2, 0.25) is 0 Å². The van der Waals surface area contributed by atoms with E-state index in [-0.39, 0.29) is 15.3 Å². The molecule has 0 bridgehead atoms. The molecule has 2 rings (SSSR count). The molecule has 1 fully saturated rings. The molecule has 1 aliphatic heterocycles. The fourth-order valence-electron chi connectivity index (χ4n) is 2.54. The molecule has 1 unspecified atom stereocenters. The molecule has 0 spiro atoms. The third-order valence-corrected chi connectivity index (χ3v) is 4.51. The van der Waals surface area contributed by atoms with Crippen LogP contribution in [0.5, 0.6) is 0 Å². The van der Waals surface area contributed by atoms with Crippen molar-refractivity contribution in [3.8, 4) is 0 Å². The number of nitro benzene ring substituents is 1. The summed E-state index contributed by atoms with van der Waals surface area (Å²) in [5.41, 5.74) is 0.329. The number of hydrogen-bond donors (Lipinski definition) is 1. The summed E-state index contributed by atoms with van der Waals surface area (Å²) >= 11 is 1.78. The van der Waals surface area contributed by atoms with E-state index < -0.39 is 10.7 Å². The van der Waals surface area contributed by atoms with Crippen molar-refractivity contribution in [3.05, 3.63) is 31.6 Å². The van der Waals surface area contributed by atoms with E-state index in [4.69, 9.17) is 0 Å². The largest absolute Gasteiger partial charge is 0.366 e. The highest BCUT2D eigenvalue weighted by Crippen LogP contribution is 2.33. The number of rotatable bonds is 3. The van der Waals surface area contributed by atoms with Crippen molar-refractivity contribution >= 4 is 34.0 Å². The summed E-state index contributed by atoms with van der Waals surface area (Å²) in [6.45, 7) is 1.85. The van der Waals surface area contributed by atoms with Gasteiger partial charge in [-0.05, 0) is 54.9 Å². The average Bonchev–Trinajstić information content (AvgIpc) is 2.69. The Balaban J connectivity index is 2.34. The van der Waals surface area contributed by atoms with Crippen LogP contribution in [0.15, 0.2) is 12.1 Å². The van der Waals surface area contributed by atoms with Crippen molar-refractivity contribution < 1.29 is 9.31 Å². The molecular formula is C13H17FIN3O2. The lowest BCUT2D eigenvalue weighted by Crippen LogP contribution is -2.33. The molecule has 0 amide bonds. The fourth-order valence-corrected chi connectivity index (χ4v) is 2.99. The third-order valence-electron chi connectivity index (χ3n) is 3.69. The zero-order valence-electron chi connectivity index (χ0n) is 11.2. The summed E-state index contributed by atoms with van der Waals surface area (Å²) in [7, 11) is 1.81. The predicted molar refractivity (Wildman–Crippen MR) is 84.7 cm³/mol. The number of halogens is 2. The molecule has 0 aromatic heterocycles. The van der Waals surface area contributed by atoms with Gasteiger partial charge >= 0.3 is 0 Å². The first-order valence-electron chi connectivity index (χ1n) is 6.57. The van der Waals surface area contributed by atoms with Crippen molar-refractivity contribution in [2.24, 2.45) is 0 Å². The fraction of sp³-hybridized carbons (Fsp3) is 0.538. The van der Waals surface area contributed by atoms with Crippen LogP contribution < -0.4 is 10.2 Å². The van der Waals surface area contributed by atoms with E-state index in [1.165, 1.54) is 12.1 Å². The van der Waals surface area contributed by atoms with E-state index in [9.17, 15) is 14.5 Å². The second-order valence-electron chi connectivity index (χ2n) is 4.96. The normalized spacial score (nSPS) is 19.4. The van der Waals surface area contributed by atoms with Crippen molar-refractivity contribution in [1.82, 2.24) is 5.32 Å². The lowest BCUT2D eigenvalue weighted by Gasteiger charge is -2.28. The average molecular weight is 393 g/mol. The zero-order chi connectivity index (χ0) is 14.7. The Hall–Kier alpha value is -0.960. The van der Waals surface area contributed by atoms with Gasteiger partial charge < -0.3 is 10.2 Å². The monoisotopic (exact) mass is 393 g/mol. The Labute approximate surface area is 130 Å². The van der Waals surface area contributed by atoms with Crippen LogP contribution in [-0.2, 0) is 0 Å². The smallest absolute Gasteiger partial charge is 0.293 e. The van der Waals surface area contributed by atoms with Crippen molar-refractivity contribution in [2.75, 3.05) is 25.0 Å². The number of nitro groups is 1. The summed E-state index contributed by atoms with van der Waals surface area (Å²) in [6.07, 6.45) is 2.88. The number of nitrogens with one attached hydrogen (secondary N) is 1. The molecule has 1 saturated heterocycles. The molecule has 1 heterocycles. The first-order valence-corrected chi connectivity index (χ1v) is 7.65. The summed E-state index contributed by atoms with van der Waals surface area (Å²) in [5, 5.41) is 14.5. The van der Waals surface area contributed by atoms with Gasteiger partial charge in [0.05, 0.1) is 8.49 Å². The van der Waals surface area contributed by atoms with Gasteiger partial charge in [-0.2, -0.15) is 0 Å². The van der Waals surface area contributed by atoms with Gasteiger partial charge in [0.15, 0.2) is 0 Å². The van der Waals surface area contributed by atoms with Gasteiger partial charge in [0, 0.05) is 25.2 Å². The minimum Gasteiger partial charge on any atom is -0.366 e. The standard InChI is InChI=1S/C13H17FIN3O2/c1-17(9-3-2-5-16-6-4-9)12-7-10(14)11(15)8-13(12)18(19)20/h7-9,16H,2-6H2,1H3. The molecule has 1 aromatic rings. The number of hydrogen-bond acceptors (Lipinski definition) is 4. The first kappa shape index (κ1) is 15.4. The third kappa shape index (κ3) is 3.38. The predicted octanol–water partition coefficient (Wildman–Crippen LogP) is 2.92. The number of nitrogens with zero attached hydrogens (tertiary/aromatic N) is 2. The highest BCUT2D eigenvalue weighted by atomic mass is 127. The van der Waals surface area contributed by atoms with Crippen LogP contribution in [0.25, 0.3) is 0 Å². The lowest BCUT2D eigenvalue weighted by molar-refractivity contribution is -0.384. The van der Waals surface area contributed by atoms with Gasteiger partial charge in [-0.15, -0.1) is 0 Å². The number of benzene rings is 1. The van der Waals surface area contributed by atoms with Crippen LogP contribution in [0, 0.1) is 19.5 Å². The minimum atomic E-state index is -0.442. The highest BCUT2D eigenvalue weighted by Gasteiger charge is 2.25. The quantitative estimate of drug-likeness (QED) is 0.488. The van der Waals surface area contributed by atoms with Crippen molar-refractivity contribution in [3.63, 3.8) is 0 Å². The van der Waals surface area contributed by atoms with Gasteiger partial charge in [0.25, 0.3) is 5.69 Å². The molecule has 20 heavy (non-hydrogen) atoms. The molecule has 110 valence electrons. The first-order chi connectivity index (χ1) is 9.50. The maximum Gasteiger partial charge on any atom is 0.293 e. The molecule has 5 nitrogen and oxygen atoms in total. The Morgan fingerprint density at radius 3 is 2.90 bits per heavy atom. The molecule has 7 heteroatoms. The molecule has 0 radical (unpaired) electrons. The second kappa shape index (κ2) is 6.66. The maximum absolute atomic E-state index is 13.8.